The van der Waals surface area contributed by atoms with Crippen LogP contribution in [0.2, 0.25) is 5.02 Å². The third-order valence-corrected chi connectivity index (χ3v) is 4.91. The average Bonchev–Trinajstić information content (AvgIpc) is 3.06. The largest absolute Gasteiger partial charge is 0.349 e. The summed E-state index contributed by atoms with van der Waals surface area (Å²) in [5.41, 5.74) is 2.42. The number of tetrazole rings is 1. The number of halogens is 1. The molecule has 0 bridgehead atoms. The normalized spacial score (nSPS) is 16.5. The lowest BCUT2D eigenvalue weighted by atomic mass is 10.1. The van der Waals surface area contributed by atoms with Crippen molar-refractivity contribution in [3.63, 3.8) is 0 Å². The number of hydrogen-bond acceptors (Lipinski definition) is 5. The van der Waals surface area contributed by atoms with Crippen molar-refractivity contribution in [1.29, 1.82) is 0 Å². The summed E-state index contributed by atoms with van der Waals surface area (Å²) >= 11 is 7.47. The first kappa shape index (κ1) is 15.3. The summed E-state index contributed by atoms with van der Waals surface area (Å²) in [6, 6.07) is 5.97. The summed E-state index contributed by atoms with van der Waals surface area (Å²) in [6.45, 7) is 0. The molecule has 0 saturated heterocycles. The summed E-state index contributed by atoms with van der Waals surface area (Å²) in [5.74, 6) is 0.704. The van der Waals surface area contributed by atoms with E-state index in [4.69, 9.17) is 11.6 Å². The van der Waals surface area contributed by atoms with Crippen LogP contribution in [0.3, 0.4) is 0 Å². The van der Waals surface area contributed by atoms with Gasteiger partial charge in [0, 0.05) is 24.2 Å². The van der Waals surface area contributed by atoms with Crippen molar-refractivity contribution in [2.75, 3.05) is 5.75 Å². The molecule has 1 aliphatic carbocycles. The Hall–Kier alpha value is -1.60. The van der Waals surface area contributed by atoms with Crippen molar-refractivity contribution in [3.8, 4) is 0 Å². The van der Waals surface area contributed by atoms with Gasteiger partial charge >= 0.3 is 0 Å². The third-order valence-electron chi connectivity index (χ3n) is 3.66. The fraction of sp³-hybridized carbons (Fsp3) is 0.429. The topological polar surface area (TPSA) is 72.7 Å². The van der Waals surface area contributed by atoms with Gasteiger partial charge in [0.05, 0.1) is 6.04 Å². The van der Waals surface area contributed by atoms with E-state index in [1.165, 1.54) is 22.9 Å². The summed E-state index contributed by atoms with van der Waals surface area (Å²) in [7, 11) is 1.78. The van der Waals surface area contributed by atoms with Gasteiger partial charge in [-0.25, -0.2) is 4.68 Å². The van der Waals surface area contributed by atoms with E-state index in [2.05, 4.69) is 20.8 Å². The molecule has 1 N–H and O–H groups in total. The molecule has 1 heterocycles. The van der Waals surface area contributed by atoms with Gasteiger partial charge in [-0.15, -0.1) is 5.10 Å². The molecule has 0 aliphatic heterocycles. The summed E-state index contributed by atoms with van der Waals surface area (Å²) < 4.78 is 1.60. The molecule has 22 heavy (non-hydrogen) atoms. The number of hydrogen-bond donors (Lipinski definition) is 1. The minimum Gasteiger partial charge on any atom is -0.349 e. The molecule has 0 spiro atoms. The predicted molar refractivity (Wildman–Crippen MR) is 84.8 cm³/mol. The SMILES string of the molecule is Cn1nnnc1SCCC(=O)NC1CCc2cc(Cl)ccc21. The van der Waals surface area contributed by atoms with Gasteiger partial charge in [-0.05, 0) is 46.5 Å². The number of fused-ring (bicyclic) bond motifs is 1. The van der Waals surface area contributed by atoms with E-state index < -0.39 is 0 Å². The Balaban J connectivity index is 1.50. The molecule has 0 saturated carbocycles. The smallest absolute Gasteiger partial charge is 0.221 e. The van der Waals surface area contributed by atoms with Crippen LogP contribution < -0.4 is 5.32 Å². The van der Waals surface area contributed by atoms with Crippen molar-refractivity contribution in [2.45, 2.75) is 30.5 Å². The third kappa shape index (κ3) is 3.41. The minimum atomic E-state index is 0.0513. The molecule has 1 aromatic carbocycles. The van der Waals surface area contributed by atoms with Crippen LogP contribution in [0, 0.1) is 0 Å². The second-order valence-electron chi connectivity index (χ2n) is 5.19. The van der Waals surface area contributed by atoms with E-state index in [0.717, 1.165) is 17.9 Å². The van der Waals surface area contributed by atoms with Crippen molar-refractivity contribution >= 4 is 29.3 Å². The van der Waals surface area contributed by atoms with Gasteiger partial charge in [-0.2, -0.15) is 0 Å². The number of benzene rings is 1. The summed E-state index contributed by atoms with van der Waals surface area (Å²) in [5, 5.41) is 15.8. The lowest BCUT2D eigenvalue weighted by Gasteiger charge is -2.14. The highest BCUT2D eigenvalue weighted by molar-refractivity contribution is 7.99. The molecule has 1 atom stereocenters. The lowest BCUT2D eigenvalue weighted by molar-refractivity contribution is -0.121. The second kappa shape index (κ2) is 6.66. The number of nitrogens with zero attached hydrogens (tertiary/aromatic N) is 4. The zero-order valence-corrected chi connectivity index (χ0v) is 13.7. The van der Waals surface area contributed by atoms with Crippen LogP contribution >= 0.6 is 23.4 Å². The van der Waals surface area contributed by atoms with Crippen LogP contribution in [-0.4, -0.2) is 31.9 Å². The maximum atomic E-state index is 12.1. The fourth-order valence-corrected chi connectivity index (χ4v) is 3.56. The zero-order valence-electron chi connectivity index (χ0n) is 12.1. The summed E-state index contributed by atoms with van der Waals surface area (Å²) in [4.78, 5) is 12.1. The van der Waals surface area contributed by atoms with Crippen molar-refractivity contribution < 1.29 is 4.79 Å². The molecule has 0 fully saturated rings. The molecule has 116 valence electrons. The van der Waals surface area contributed by atoms with E-state index in [0.29, 0.717) is 17.3 Å². The standard InChI is InChI=1S/C14H16ClN5OS/c1-20-14(17-18-19-20)22-7-6-13(21)16-12-5-2-9-8-10(15)3-4-11(9)12/h3-4,8,12H,2,5-7H2,1H3,(H,16,21). The Morgan fingerprint density at radius 2 is 2.41 bits per heavy atom. The van der Waals surface area contributed by atoms with Crippen LogP contribution in [-0.2, 0) is 18.3 Å². The molecular formula is C14H16ClN5OS. The number of carbonyl (C=O) groups is 1. The molecule has 1 amide bonds. The van der Waals surface area contributed by atoms with E-state index in [1.807, 2.05) is 18.2 Å². The first-order valence-electron chi connectivity index (χ1n) is 7.06. The first-order chi connectivity index (χ1) is 10.6. The van der Waals surface area contributed by atoms with Crippen molar-refractivity contribution in [1.82, 2.24) is 25.5 Å². The Morgan fingerprint density at radius 3 is 3.18 bits per heavy atom. The van der Waals surface area contributed by atoms with Gasteiger partial charge in [-0.1, -0.05) is 29.4 Å². The lowest BCUT2D eigenvalue weighted by Crippen LogP contribution is -2.27. The maximum absolute atomic E-state index is 12.1. The molecule has 3 rings (SSSR count). The molecule has 2 aromatic rings. The molecule has 0 radical (unpaired) electrons. The van der Waals surface area contributed by atoms with Crippen LogP contribution in [0.5, 0.6) is 0 Å². The van der Waals surface area contributed by atoms with E-state index in [9.17, 15) is 4.79 Å². The molecule has 1 unspecified atom stereocenters. The second-order valence-corrected chi connectivity index (χ2v) is 6.68. The molecule has 1 aliphatic rings. The molecule has 8 heteroatoms. The minimum absolute atomic E-state index is 0.0513. The number of amides is 1. The Kier molecular flexibility index (Phi) is 4.63. The maximum Gasteiger partial charge on any atom is 0.221 e. The van der Waals surface area contributed by atoms with Crippen molar-refractivity contribution in [2.24, 2.45) is 7.05 Å². The van der Waals surface area contributed by atoms with E-state index in [1.54, 1.807) is 11.7 Å². The highest BCUT2D eigenvalue weighted by Crippen LogP contribution is 2.32. The monoisotopic (exact) mass is 337 g/mol. The number of thioether (sulfide) groups is 1. The van der Waals surface area contributed by atoms with E-state index >= 15 is 0 Å². The molecule has 6 nitrogen and oxygen atoms in total. The average molecular weight is 338 g/mol. The highest BCUT2D eigenvalue weighted by atomic mass is 35.5. The van der Waals surface area contributed by atoms with Crippen LogP contribution in [0.1, 0.15) is 30.0 Å². The molecule has 1 aromatic heterocycles. The fourth-order valence-electron chi connectivity index (χ4n) is 2.58. The predicted octanol–water partition coefficient (Wildman–Crippen LogP) is 2.15. The van der Waals surface area contributed by atoms with E-state index in [-0.39, 0.29) is 11.9 Å². The first-order valence-corrected chi connectivity index (χ1v) is 8.42. The zero-order chi connectivity index (χ0) is 15.5. The van der Waals surface area contributed by atoms with Crippen LogP contribution in [0.15, 0.2) is 23.4 Å². The quantitative estimate of drug-likeness (QED) is 0.846. The van der Waals surface area contributed by atoms with Gasteiger partial charge in [-0.3, -0.25) is 4.79 Å². The number of aromatic nitrogens is 4. The van der Waals surface area contributed by atoms with Gasteiger partial charge in [0.15, 0.2) is 0 Å². The van der Waals surface area contributed by atoms with Gasteiger partial charge in [0.25, 0.3) is 0 Å². The highest BCUT2D eigenvalue weighted by Gasteiger charge is 2.23. The number of nitrogens with one attached hydrogen (secondary N) is 1. The van der Waals surface area contributed by atoms with Gasteiger partial charge in [0.2, 0.25) is 11.1 Å². The van der Waals surface area contributed by atoms with Gasteiger partial charge < -0.3 is 5.32 Å². The molecular weight excluding hydrogens is 322 g/mol. The Bertz CT molecular complexity index is 690. The number of aryl methyl sites for hydroxylation is 2. The Labute approximate surface area is 137 Å². The van der Waals surface area contributed by atoms with Gasteiger partial charge in [0.1, 0.15) is 0 Å². The van der Waals surface area contributed by atoms with Crippen LogP contribution in [0.25, 0.3) is 0 Å². The Morgan fingerprint density at radius 1 is 1.55 bits per heavy atom. The van der Waals surface area contributed by atoms with Crippen LogP contribution in [0.4, 0.5) is 0 Å². The van der Waals surface area contributed by atoms with Crippen molar-refractivity contribution in [3.05, 3.63) is 34.3 Å². The summed E-state index contributed by atoms with van der Waals surface area (Å²) in [6.07, 6.45) is 2.33. The number of rotatable bonds is 5. The number of carbonyl (C=O) groups excluding carboxylic acids is 1.